The molecule has 0 aromatic carbocycles. The van der Waals surface area contributed by atoms with Gasteiger partial charge in [-0.15, -0.1) is 0 Å². The van der Waals surface area contributed by atoms with Crippen molar-refractivity contribution >= 4 is 17.9 Å². The van der Waals surface area contributed by atoms with Crippen molar-refractivity contribution in [2.45, 2.75) is 219 Å². The van der Waals surface area contributed by atoms with E-state index in [1.54, 1.807) is 0 Å². The zero-order valence-electron chi connectivity index (χ0n) is 53.9. The summed E-state index contributed by atoms with van der Waals surface area (Å²) in [7, 11) is 5.89. The number of allylic oxidation sites excluding steroid dienone is 32. The molecule has 85 heavy (non-hydrogen) atoms. The molecular weight excluding hydrogens is 1050 g/mol. The highest BCUT2D eigenvalue weighted by molar-refractivity contribution is 5.70. The molecule has 0 aromatic heterocycles. The van der Waals surface area contributed by atoms with E-state index in [4.69, 9.17) is 18.9 Å². The van der Waals surface area contributed by atoms with Crippen molar-refractivity contribution in [1.82, 2.24) is 0 Å². The molecular formula is C76H117NO8. The predicted molar refractivity (Wildman–Crippen MR) is 361 cm³/mol. The maximum absolute atomic E-state index is 12.9. The van der Waals surface area contributed by atoms with Crippen LogP contribution in [0.4, 0.5) is 0 Å². The number of nitrogens with zero attached hydrogens (tertiary/aromatic N) is 1. The van der Waals surface area contributed by atoms with Crippen LogP contribution in [-0.4, -0.2) is 82.3 Å². The molecule has 0 bridgehead atoms. The summed E-state index contributed by atoms with van der Waals surface area (Å²) in [5, 5.41) is 11.8. The van der Waals surface area contributed by atoms with Crippen LogP contribution >= 0.6 is 0 Å². The molecule has 0 fully saturated rings. The van der Waals surface area contributed by atoms with E-state index in [2.05, 4.69) is 208 Å². The molecule has 0 aromatic rings. The van der Waals surface area contributed by atoms with Crippen LogP contribution in [0.5, 0.6) is 0 Å². The number of unbranched alkanes of at least 4 members (excludes halogenated alkanes) is 10. The Morgan fingerprint density at radius 1 is 0.353 bits per heavy atom. The SMILES string of the molecule is CC/C=C\C/C=C\C/C=C\C/C=C\C/C=C\C/C=C\C/C=C\C/C=C\C/C=C\C/C=C\CCCCCCCCC(=O)OC(COC(=O)CCCCCC/C=C\C/C=C\C/C=C\C/C=C\C/C=C\C/C=C\CC)COC(OCC[N+](C)(C)C)C(=O)[O-]. The summed E-state index contributed by atoms with van der Waals surface area (Å²) in [5.74, 6) is -2.36. The van der Waals surface area contributed by atoms with Crippen LogP contribution in [0.3, 0.4) is 0 Å². The number of ether oxygens (including phenoxy) is 4. The van der Waals surface area contributed by atoms with Crippen molar-refractivity contribution in [3.8, 4) is 0 Å². The molecule has 0 aliphatic carbocycles. The van der Waals surface area contributed by atoms with E-state index >= 15 is 0 Å². The van der Waals surface area contributed by atoms with E-state index < -0.39 is 30.3 Å². The average Bonchev–Trinajstić information content (AvgIpc) is 3.48. The van der Waals surface area contributed by atoms with Gasteiger partial charge in [0.05, 0.1) is 40.3 Å². The second kappa shape index (κ2) is 64.1. The molecule has 0 heterocycles. The Kier molecular flexibility index (Phi) is 59.7. The van der Waals surface area contributed by atoms with Gasteiger partial charge in [0.2, 0.25) is 0 Å². The summed E-state index contributed by atoms with van der Waals surface area (Å²) in [6, 6.07) is 0. The predicted octanol–water partition coefficient (Wildman–Crippen LogP) is 18.9. The fraction of sp³-hybridized carbons (Fsp3) is 0.539. The standard InChI is InChI=1S/C76H117NO8/c1-6-8-10-12-14-16-18-20-22-24-26-28-30-31-32-33-34-35-36-37-38-39-40-41-42-43-45-47-49-51-53-55-57-59-61-63-65-67-74(79)85-72(71-84-76(75(80)81)82-69-68-77(3,4)5)70-83-73(78)66-64-62-60-58-56-54-52-50-48-46-44-29-27-25-23-21-19-17-15-13-11-9-7-2/h8-11,14-17,20-23,26-29,31-32,34-35,37-38,40-41,43,45-46,48-49,51-52,54,72,76H,6-7,12-13,18-19,24-25,30,33,36,39,42,44,47,50,53,55-71H2,1-5H3/b10-8-,11-9-,16-14-,17-15-,22-20-,23-21-,28-26-,29-27-,32-31-,35-34-,38-37-,41-40-,45-43-,48-46-,51-49-,54-52-. The lowest BCUT2D eigenvalue weighted by Crippen LogP contribution is -2.44. The van der Waals surface area contributed by atoms with Crippen LogP contribution in [0.2, 0.25) is 0 Å². The Morgan fingerprint density at radius 3 is 0.941 bits per heavy atom. The number of carboxylic acids is 1. The van der Waals surface area contributed by atoms with E-state index in [1.807, 2.05) is 21.1 Å². The summed E-state index contributed by atoms with van der Waals surface area (Å²) in [6.45, 7) is 4.43. The highest BCUT2D eigenvalue weighted by Gasteiger charge is 2.22. The number of hydrogen-bond acceptors (Lipinski definition) is 8. The molecule has 0 N–H and O–H groups in total. The Hall–Kier alpha value is -5.87. The fourth-order valence-corrected chi connectivity index (χ4v) is 7.92. The summed E-state index contributed by atoms with van der Waals surface area (Å²) in [5.41, 5.74) is 0. The number of carbonyl (C=O) groups is 3. The maximum atomic E-state index is 12.9. The monoisotopic (exact) mass is 1170 g/mol. The van der Waals surface area contributed by atoms with Gasteiger partial charge in [-0.1, -0.05) is 247 Å². The summed E-state index contributed by atoms with van der Waals surface area (Å²) >= 11 is 0. The van der Waals surface area contributed by atoms with Gasteiger partial charge in [0.25, 0.3) is 0 Å². The van der Waals surface area contributed by atoms with Crippen molar-refractivity contribution in [3.63, 3.8) is 0 Å². The zero-order chi connectivity index (χ0) is 61.9. The minimum Gasteiger partial charge on any atom is -0.545 e. The van der Waals surface area contributed by atoms with Gasteiger partial charge in [0.1, 0.15) is 13.2 Å². The van der Waals surface area contributed by atoms with Gasteiger partial charge in [-0.25, -0.2) is 0 Å². The van der Waals surface area contributed by atoms with E-state index in [0.29, 0.717) is 23.9 Å². The molecule has 0 rings (SSSR count). The fourth-order valence-electron chi connectivity index (χ4n) is 7.92. The lowest BCUT2D eigenvalue weighted by Gasteiger charge is -2.26. The van der Waals surface area contributed by atoms with Crippen LogP contribution < -0.4 is 5.11 Å². The highest BCUT2D eigenvalue weighted by Crippen LogP contribution is 2.13. The number of aliphatic carboxylic acids is 1. The summed E-state index contributed by atoms with van der Waals surface area (Å²) < 4.78 is 22.7. The number of carboxylic acid groups (broad SMARTS) is 1. The molecule has 0 aliphatic rings. The number of carbonyl (C=O) groups excluding carboxylic acids is 3. The molecule has 0 aliphatic heterocycles. The Balaban J connectivity index is 4.32. The van der Waals surface area contributed by atoms with E-state index in [0.717, 1.165) is 167 Å². The Morgan fingerprint density at radius 2 is 0.635 bits per heavy atom. The second-order valence-electron chi connectivity index (χ2n) is 21.9. The van der Waals surface area contributed by atoms with Crippen molar-refractivity contribution in [1.29, 1.82) is 0 Å². The normalized spacial score (nSPS) is 14.0. The first-order valence-corrected chi connectivity index (χ1v) is 32.6. The van der Waals surface area contributed by atoms with Gasteiger partial charge in [-0.2, -0.15) is 0 Å². The first-order chi connectivity index (χ1) is 41.6. The number of likely N-dealkylation sites (N-methyl/N-ethyl adjacent to an activating group) is 1. The lowest BCUT2D eigenvalue weighted by molar-refractivity contribution is -0.870. The quantitative estimate of drug-likeness (QED) is 0.0195. The van der Waals surface area contributed by atoms with Crippen LogP contribution in [0.15, 0.2) is 194 Å². The number of quaternary nitrogens is 1. The summed E-state index contributed by atoms with van der Waals surface area (Å²) in [6.07, 6.45) is 96.3. The molecule has 2 unspecified atom stereocenters. The molecule has 9 nitrogen and oxygen atoms in total. The van der Waals surface area contributed by atoms with Crippen molar-refractivity contribution < 1.29 is 42.9 Å². The minimum atomic E-state index is -1.65. The number of hydrogen-bond donors (Lipinski definition) is 0. The molecule has 0 amide bonds. The van der Waals surface area contributed by atoms with E-state index in [1.165, 1.54) is 0 Å². The molecule has 474 valence electrons. The zero-order valence-corrected chi connectivity index (χ0v) is 53.9. The molecule has 0 saturated heterocycles. The third kappa shape index (κ3) is 65.5. The van der Waals surface area contributed by atoms with Gasteiger partial charge >= 0.3 is 11.9 Å². The van der Waals surface area contributed by atoms with E-state index in [9.17, 15) is 19.5 Å². The van der Waals surface area contributed by atoms with Crippen LogP contribution in [0.25, 0.3) is 0 Å². The van der Waals surface area contributed by atoms with Gasteiger partial charge in [-0.3, -0.25) is 9.59 Å². The molecule has 2 atom stereocenters. The Labute approximate surface area is 519 Å². The van der Waals surface area contributed by atoms with Crippen LogP contribution in [0, 0.1) is 0 Å². The minimum absolute atomic E-state index is 0.128. The molecule has 0 spiro atoms. The second-order valence-corrected chi connectivity index (χ2v) is 21.9. The Bertz CT molecular complexity index is 2090. The van der Waals surface area contributed by atoms with Crippen molar-refractivity contribution in [3.05, 3.63) is 194 Å². The third-order valence-electron chi connectivity index (χ3n) is 12.8. The van der Waals surface area contributed by atoms with Crippen molar-refractivity contribution in [2.24, 2.45) is 0 Å². The first-order valence-electron chi connectivity index (χ1n) is 32.6. The number of esters is 2. The van der Waals surface area contributed by atoms with Crippen LogP contribution in [0.1, 0.15) is 206 Å². The van der Waals surface area contributed by atoms with Gasteiger partial charge in [-0.05, 0) is 141 Å². The highest BCUT2D eigenvalue weighted by atomic mass is 16.7. The lowest BCUT2D eigenvalue weighted by atomic mass is 10.1. The smallest absolute Gasteiger partial charge is 0.306 e. The largest absolute Gasteiger partial charge is 0.545 e. The average molecular weight is 1170 g/mol. The summed E-state index contributed by atoms with van der Waals surface area (Å²) in [4.78, 5) is 37.4. The molecule has 9 heteroatoms. The maximum Gasteiger partial charge on any atom is 0.306 e. The van der Waals surface area contributed by atoms with Gasteiger partial charge in [0.15, 0.2) is 12.4 Å². The topological polar surface area (TPSA) is 111 Å². The van der Waals surface area contributed by atoms with Gasteiger partial charge in [0, 0.05) is 12.8 Å². The van der Waals surface area contributed by atoms with Crippen molar-refractivity contribution in [2.75, 3.05) is 47.5 Å². The van der Waals surface area contributed by atoms with Gasteiger partial charge < -0.3 is 33.3 Å². The molecule has 0 radical (unpaired) electrons. The number of rotatable bonds is 57. The molecule has 0 saturated carbocycles. The third-order valence-corrected chi connectivity index (χ3v) is 12.8. The van der Waals surface area contributed by atoms with E-state index in [-0.39, 0.29) is 32.7 Å². The first kappa shape index (κ1) is 79.1. The van der Waals surface area contributed by atoms with Crippen LogP contribution in [-0.2, 0) is 33.3 Å².